The van der Waals surface area contributed by atoms with Crippen molar-refractivity contribution in [1.82, 2.24) is 14.5 Å². The van der Waals surface area contributed by atoms with Gasteiger partial charge < -0.3 is 14.8 Å². The summed E-state index contributed by atoms with van der Waals surface area (Å²) in [6.45, 7) is 1.74. The molecule has 0 unspecified atom stereocenters. The summed E-state index contributed by atoms with van der Waals surface area (Å²) < 4.78 is 3.29. The molecule has 132 valence electrons. The van der Waals surface area contributed by atoms with Gasteiger partial charge in [0.2, 0.25) is 0 Å². The zero-order chi connectivity index (χ0) is 17.6. The third-order valence-electron chi connectivity index (χ3n) is 5.17. The Morgan fingerprint density at radius 2 is 2.12 bits per heavy atom. The standard InChI is InChI=1S/C18H21N3O3S/c1-10(22)18-20-14-9-19-13-6-7-25-17(13)16(14)21(18)12-4-2-11(3-5-12)8-15(23)24/h6-7,9-12,22H,2-5,8H2,1H3,(H,23,24)/t10-,11?,12?/m1/s1. The lowest BCUT2D eigenvalue weighted by atomic mass is 9.84. The molecule has 1 saturated carbocycles. The number of carboxylic acids is 1. The highest BCUT2D eigenvalue weighted by molar-refractivity contribution is 7.18. The fraction of sp³-hybridized carbons (Fsp3) is 0.500. The second-order valence-corrected chi connectivity index (χ2v) is 7.83. The van der Waals surface area contributed by atoms with Gasteiger partial charge in [0.1, 0.15) is 17.4 Å². The molecule has 4 rings (SSSR count). The van der Waals surface area contributed by atoms with E-state index >= 15 is 0 Å². The third-order valence-corrected chi connectivity index (χ3v) is 6.08. The molecule has 3 heterocycles. The number of carbonyl (C=O) groups is 1. The Morgan fingerprint density at radius 1 is 1.36 bits per heavy atom. The van der Waals surface area contributed by atoms with E-state index in [1.807, 2.05) is 11.4 Å². The number of imidazole rings is 1. The van der Waals surface area contributed by atoms with Crippen LogP contribution in [0.5, 0.6) is 0 Å². The predicted octanol–water partition coefficient (Wildman–Crippen LogP) is 3.91. The molecule has 0 amide bonds. The zero-order valence-corrected chi connectivity index (χ0v) is 14.9. The van der Waals surface area contributed by atoms with E-state index < -0.39 is 12.1 Å². The smallest absolute Gasteiger partial charge is 0.303 e. The number of fused-ring (bicyclic) bond motifs is 3. The van der Waals surface area contributed by atoms with Gasteiger partial charge in [0.05, 0.1) is 21.9 Å². The first kappa shape index (κ1) is 16.5. The van der Waals surface area contributed by atoms with Crippen LogP contribution in [-0.4, -0.2) is 30.7 Å². The number of aromatic nitrogens is 3. The summed E-state index contributed by atoms with van der Waals surface area (Å²) in [6, 6.07) is 2.25. The quantitative estimate of drug-likeness (QED) is 0.737. The second kappa shape index (κ2) is 6.38. The van der Waals surface area contributed by atoms with E-state index in [0.717, 1.165) is 46.9 Å². The average molecular weight is 359 g/mol. The monoisotopic (exact) mass is 359 g/mol. The molecule has 0 aromatic carbocycles. The maximum Gasteiger partial charge on any atom is 0.303 e. The number of thiophene rings is 1. The molecule has 0 aliphatic heterocycles. The molecule has 7 heteroatoms. The fourth-order valence-electron chi connectivity index (χ4n) is 4.01. The maximum absolute atomic E-state index is 11.0. The highest BCUT2D eigenvalue weighted by Crippen LogP contribution is 2.39. The van der Waals surface area contributed by atoms with Crippen molar-refractivity contribution in [3.05, 3.63) is 23.5 Å². The largest absolute Gasteiger partial charge is 0.481 e. The lowest BCUT2D eigenvalue weighted by Crippen LogP contribution is -2.22. The van der Waals surface area contributed by atoms with Crippen molar-refractivity contribution in [2.24, 2.45) is 5.92 Å². The summed E-state index contributed by atoms with van der Waals surface area (Å²) in [7, 11) is 0. The Labute approximate surface area is 149 Å². The van der Waals surface area contributed by atoms with E-state index in [4.69, 9.17) is 5.11 Å². The van der Waals surface area contributed by atoms with E-state index in [0.29, 0.717) is 5.82 Å². The van der Waals surface area contributed by atoms with E-state index in [1.54, 1.807) is 24.5 Å². The molecule has 1 fully saturated rings. The Hall–Kier alpha value is -1.99. The molecule has 0 spiro atoms. The molecule has 0 radical (unpaired) electrons. The van der Waals surface area contributed by atoms with Crippen LogP contribution in [0.1, 0.15) is 57.0 Å². The van der Waals surface area contributed by atoms with Gasteiger partial charge in [-0.3, -0.25) is 9.78 Å². The number of aliphatic carboxylic acids is 1. The number of hydrogen-bond acceptors (Lipinski definition) is 5. The van der Waals surface area contributed by atoms with Crippen LogP contribution in [-0.2, 0) is 4.79 Å². The molecule has 25 heavy (non-hydrogen) atoms. The first-order valence-electron chi connectivity index (χ1n) is 8.68. The molecule has 6 nitrogen and oxygen atoms in total. The number of aliphatic hydroxyl groups is 1. The van der Waals surface area contributed by atoms with Gasteiger partial charge in [0, 0.05) is 12.5 Å². The number of aliphatic hydroxyl groups excluding tert-OH is 1. The van der Waals surface area contributed by atoms with Crippen LogP contribution in [0.25, 0.3) is 21.3 Å². The first-order chi connectivity index (χ1) is 12.0. The highest BCUT2D eigenvalue weighted by Gasteiger charge is 2.28. The molecule has 1 aliphatic carbocycles. The number of hydrogen-bond donors (Lipinski definition) is 2. The van der Waals surface area contributed by atoms with E-state index in [2.05, 4.69) is 14.5 Å². The lowest BCUT2D eigenvalue weighted by molar-refractivity contribution is -0.138. The molecule has 0 bridgehead atoms. The van der Waals surface area contributed by atoms with Gasteiger partial charge in [-0.25, -0.2) is 4.98 Å². The van der Waals surface area contributed by atoms with Gasteiger partial charge >= 0.3 is 5.97 Å². The molecular weight excluding hydrogens is 338 g/mol. The maximum atomic E-state index is 11.0. The molecule has 3 aromatic heterocycles. The van der Waals surface area contributed by atoms with Crippen molar-refractivity contribution in [2.45, 2.75) is 51.2 Å². The van der Waals surface area contributed by atoms with Crippen molar-refractivity contribution in [2.75, 3.05) is 0 Å². The van der Waals surface area contributed by atoms with Gasteiger partial charge in [-0.1, -0.05) is 0 Å². The summed E-state index contributed by atoms with van der Waals surface area (Å²) in [5.41, 5.74) is 2.83. The van der Waals surface area contributed by atoms with E-state index in [9.17, 15) is 9.90 Å². The molecule has 3 aromatic rings. The average Bonchev–Trinajstić information content (AvgIpc) is 3.18. The number of pyridine rings is 1. The Balaban J connectivity index is 1.76. The number of carboxylic acid groups (broad SMARTS) is 1. The van der Waals surface area contributed by atoms with Gasteiger partial charge in [-0.2, -0.15) is 0 Å². The topological polar surface area (TPSA) is 88.2 Å². The minimum absolute atomic E-state index is 0.243. The van der Waals surface area contributed by atoms with Crippen molar-refractivity contribution in [1.29, 1.82) is 0 Å². The first-order valence-corrected chi connectivity index (χ1v) is 9.56. The molecule has 2 N–H and O–H groups in total. The summed E-state index contributed by atoms with van der Waals surface area (Å²) in [4.78, 5) is 20.1. The van der Waals surface area contributed by atoms with Gasteiger partial charge in [0.25, 0.3) is 0 Å². The highest BCUT2D eigenvalue weighted by atomic mass is 32.1. The Morgan fingerprint density at radius 3 is 2.80 bits per heavy atom. The summed E-state index contributed by atoms with van der Waals surface area (Å²) in [5, 5.41) is 21.3. The molecular formula is C18H21N3O3S. The minimum atomic E-state index is -0.715. The number of rotatable bonds is 4. The molecule has 0 saturated heterocycles. The SMILES string of the molecule is C[C@@H](O)c1nc2cnc3ccsc3c2n1C1CCC(CC(=O)O)CC1. The van der Waals surface area contributed by atoms with E-state index in [1.165, 1.54) is 0 Å². The van der Waals surface area contributed by atoms with Crippen LogP contribution < -0.4 is 0 Å². The molecule has 1 aliphatic rings. The Bertz CT molecular complexity index is 922. The van der Waals surface area contributed by atoms with Crippen LogP contribution in [0.4, 0.5) is 0 Å². The predicted molar refractivity (Wildman–Crippen MR) is 96.8 cm³/mol. The second-order valence-electron chi connectivity index (χ2n) is 6.92. The van der Waals surface area contributed by atoms with Crippen LogP contribution in [0.15, 0.2) is 17.6 Å². The minimum Gasteiger partial charge on any atom is -0.481 e. The van der Waals surface area contributed by atoms with Gasteiger partial charge in [-0.15, -0.1) is 11.3 Å². The van der Waals surface area contributed by atoms with E-state index in [-0.39, 0.29) is 18.4 Å². The summed E-state index contributed by atoms with van der Waals surface area (Å²) in [5.74, 6) is 0.217. The lowest BCUT2D eigenvalue weighted by Gasteiger charge is -2.30. The van der Waals surface area contributed by atoms with Crippen molar-refractivity contribution < 1.29 is 15.0 Å². The van der Waals surface area contributed by atoms with Crippen LogP contribution >= 0.6 is 11.3 Å². The normalized spacial score (nSPS) is 22.5. The fourth-order valence-corrected chi connectivity index (χ4v) is 4.90. The van der Waals surface area contributed by atoms with Crippen LogP contribution in [0.3, 0.4) is 0 Å². The van der Waals surface area contributed by atoms with Gasteiger partial charge in [0.15, 0.2) is 0 Å². The van der Waals surface area contributed by atoms with Crippen molar-refractivity contribution in [3.63, 3.8) is 0 Å². The van der Waals surface area contributed by atoms with Crippen LogP contribution in [0.2, 0.25) is 0 Å². The summed E-state index contributed by atoms with van der Waals surface area (Å²) >= 11 is 1.65. The van der Waals surface area contributed by atoms with Crippen LogP contribution in [0, 0.1) is 5.92 Å². The van der Waals surface area contributed by atoms with Crippen molar-refractivity contribution >= 4 is 38.6 Å². The number of nitrogens with zero attached hydrogens (tertiary/aromatic N) is 3. The summed E-state index contributed by atoms with van der Waals surface area (Å²) in [6.07, 6.45) is 5.00. The van der Waals surface area contributed by atoms with Gasteiger partial charge in [-0.05, 0) is 50.0 Å². The third kappa shape index (κ3) is 2.91. The van der Waals surface area contributed by atoms with Crippen molar-refractivity contribution in [3.8, 4) is 0 Å². The molecule has 1 atom stereocenters. The zero-order valence-electron chi connectivity index (χ0n) is 14.1. The Kier molecular flexibility index (Phi) is 4.21.